The van der Waals surface area contributed by atoms with E-state index >= 15 is 0 Å². The molecule has 8 heteroatoms. The first-order chi connectivity index (χ1) is 9.31. The number of rotatable bonds is 6. The smallest absolute Gasteiger partial charge is 0.282 e. The van der Waals surface area contributed by atoms with Crippen molar-refractivity contribution in [2.24, 2.45) is 0 Å². The lowest BCUT2D eigenvalue weighted by atomic mass is 10.1. The molecule has 0 atom stereocenters. The normalized spacial score (nSPS) is 11.0. The van der Waals surface area contributed by atoms with Gasteiger partial charge >= 0.3 is 0 Å². The van der Waals surface area contributed by atoms with Gasteiger partial charge in [0.1, 0.15) is 0 Å². The quantitative estimate of drug-likeness (QED) is 0.728. The highest BCUT2D eigenvalue weighted by Crippen LogP contribution is 2.14. The molecule has 0 fully saturated rings. The maximum absolute atomic E-state index is 11.8. The molecule has 112 valence electrons. The van der Waals surface area contributed by atoms with Crippen LogP contribution in [0.3, 0.4) is 0 Å². The molecule has 0 aliphatic heterocycles. The summed E-state index contributed by atoms with van der Waals surface area (Å²) >= 11 is 1.17. The molecule has 1 aromatic heterocycles. The van der Waals surface area contributed by atoms with E-state index in [0.29, 0.717) is 5.13 Å². The molecule has 1 rings (SSSR count). The maximum atomic E-state index is 11.8. The summed E-state index contributed by atoms with van der Waals surface area (Å²) in [5, 5.41) is 16.8. The number of nitrogens with one attached hydrogen (secondary N) is 3. The fourth-order valence-electron chi connectivity index (χ4n) is 1.32. The Labute approximate surface area is 122 Å². The van der Waals surface area contributed by atoms with Crippen molar-refractivity contribution in [2.75, 3.05) is 18.4 Å². The molecule has 3 N–H and O–H groups in total. The Hall–Kier alpha value is -1.70. The maximum Gasteiger partial charge on any atom is 0.282 e. The number of amides is 2. The zero-order valence-corrected chi connectivity index (χ0v) is 13.1. The van der Waals surface area contributed by atoms with Gasteiger partial charge in [0.25, 0.3) is 5.91 Å². The predicted molar refractivity (Wildman–Crippen MR) is 78.9 cm³/mol. The molecule has 7 nitrogen and oxygen atoms in total. The van der Waals surface area contributed by atoms with E-state index in [2.05, 4.69) is 26.1 Å². The minimum atomic E-state index is -0.392. The fourth-order valence-corrected chi connectivity index (χ4v) is 2.00. The van der Waals surface area contributed by atoms with Crippen molar-refractivity contribution in [3.63, 3.8) is 0 Å². The minimum Gasteiger partial charge on any atom is -0.360 e. The number of hydrogen-bond donors (Lipinski definition) is 3. The summed E-state index contributed by atoms with van der Waals surface area (Å²) in [7, 11) is 0. The first kappa shape index (κ1) is 16.4. The standard InChI is InChI=1S/C12H21N5O2S/c1-5-6-13-11-17-16-10(20-11)9(19)14-7-8(18)15-12(2,3)4/h5-7H2,1-4H3,(H,13,17)(H,14,19)(H,15,18). The van der Waals surface area contributed by atoms with E-state index in [9.17, 15) is 9.59 Å². The van der Waals surface area contributed by atoms with Crippen molar-refractivity contribution in [1.29, 1.82) is 0 Å². The number of carbonyl (C=O) groups is 2. The third-order valence-electron chi connectivity index (χ3n) is 2.07. The van der Waals surface area contributed by atoms with E-state index in [4.69, 9.17) is 0 Å². The van der Waals surface area contributed by atoms with Crippen LogP contribution in [0.4, 0.5) is 5.13 Å². The van der Waals surface area contributed by atoms with Crippen molar-refractivity contribution in [2.45, 2.75) is 39.7 Å². The number of hydrogen-bond acceptors (Lipinski definition) is 6. The van der Waals surface area contributed by atoms with Gasteiger partial charge in [-0.25, -0.2) is 0 Å². The molecule has 0 unspecified atom stereocenters. The zero-order chi connectivity index (χ0) is 15.2. The van der Waals surface area contributed by atoms with Gasteiger partial charge in [0.2, 0.25) is 16.0 Å². The lowest BCUT2D eigenvalue weighted by Gasteiger charge is -2.20. The molecule has 0 aliphatic rings. The topological polar surface area (TPSA) is 96.0 Å². The van der Waals surface area contributed by atoms with Crippen LogP contribution in [0.15, 0.2) is 0 Å². The van der Waals surface area contributed by atoms with Crippen LogP contribution in [-0.2, 0) is 4.79 Å². The van der Waals surface area contributed by atoms with Gasteiger partial charge in [0, 0.05) is 12.1 Å². The molecule has 1 heterocycles. The molecule has 1 aromatic rings. The van der Waals surface area contributed by atoms with E-state index in [-0.39, 0.29) is 23.0 Å². The number of nitrogens with zero attached hydrogens (tertiary/aromatic N) is 2. The summed E-state index contributed by atoms with van der Waals surface area (Å²) < 4.78 is 0. The van der Waals surface area contributed by atoms with Gasteiger partial charge in [-0.15, -0.1) is 10.2 Å². The van der Waals surface area contributed by atoms with E-state index < -0.39 is 5.91 Å². The second kappa shape index (κ2) is 7.18. The van der Waals surface area contributed by atoms with Crippen LogP contribution in [0.2, 0.25) is 0 Å². The van der Waals surface area contributed by atoms with Crippen molar-refractivity contribution < 1.29 is 9.59 Å². The monoisotopic (exact) mass is 299 g/mol. The Bertz CT molecular complexity index is 467. The first-order valence-electron chi connectivity index (χ1n) is 6.48. The van der Waals surface area contributed by atoms with Crippen LogP contribution >= 0.6 is 11.3 Å². The largest absolute Gasteiger partial charge is 0.360 e. The first-order valence-corrected chi connectivity index (χ1v) is 7.30. The van der Waals surface area contributed by atoms with Gasteiger partial charge in [-0.05, 0) is 27.2 Å². The second-order valence-corrected chi connectivity index (χ2v) is 6.30. The van der Waals surface area contributed by atoms with Crippen LogP contribution in [0, 0.1) is 0 Å². The van der Waals surface area contributed by atoms with Gasteiger partial charge in [0.05, 0.1) is 6.54 Å². The number of carbonyl (C=O) groups excluding carboxylic acids is 2. The van der Waals surface area contributed by atoms with Crippen molar-refractivity contribution in [1.82, 2.24) is 20.8 Å². The third-order valence-corrected chi connectivity index (χ3v) is 2.95. The molecule has 0 spiro atoms. The predicted octanol–water partition coefficient (Wildman–Crippen LogP) is 1.00. The average Bonchev–Trinajstić information content (AvgIpc) is 2.80. The molecular formula is C12H21N5O2S. The van der Waals surface area contributed by atoms with Crippen molar-refractivity contribution in [3.05, 3.63) is 5.01 Å². The summed E-state index contributed by atoms with van der Waals surface area (Å²) in [6.45, 7) is 8.38. The molecule has 0 bridgehead atoms. The molecule has 0 radical (unpaired) electrons. The SMILES string of the molecule is CCCNc1nnc(C(=O)NCC(=O)NC(C)(C)C)s1. The summed E-state index contributed by atoms with van der Waals surface area (Å²) in [6.07, 6.45) is 0.966. The average molecular weight is 299 g/mol. The second-order valence-electron chi connectivity index (χ2n) is 5.32. The van der Waals surface area contributed by atoms with Gasteiger partial charge in [0.15, 0.2) is 0 Å². The molecule has 0 aliphatic carbocycles. The van der Waals surface area contributed by atoms with Crippen LogP contribution in [0.5, 0.6) is 0 Å². The van der Waals surface area contributed by atoms with Crippen LogP contribution < -0.4 is 16.0 Å². The van der Waals surface area contributed by atoms with Crippen molar-refractivity contribution in [3.8, 4) is 0 Å². The third kappa shape index (κ3) is 5.96. The van der Waals surface area contributed by atoms with Gasteiger partial charge in [-0.1, -0.05) is 18.3 Å². The van der Waals surface area contributed by atoms with Gasteiger partial charge in [-0.3, -0.25) is 9.59 Å². The van der Waals surface area contributed by atoms with E-state index in [1.807, 2.05) is 27.7 Å². The molecule has 0 saturated heterocycles. The lowest BCUT2D eigenvalue weighted by molar-refractivity contribution is -0.121. The van der Waals surface area contributed by atoms with Crippen molar-refractivity contribution >= 4 is 28.3 Å². The Kier molecular flexibility index (Phi) is 5.87. The highest BCUT2D eigenvalue weighted by atomic mass is 32.1. The highest BCUT2D eigenvalue weighted by Gasteiger charge is 2.16. The van der Waals surface area contributed by atoms with Crippen LogP contribution in [-0.4, -0.2) is 40.6 Å². The summed E-state index contributed by atoms with van der Waals surface area (Å²) in [6, 6.07) is 0. The summed E-state index contributed by atoms with van der Waals surface area (Å²) in [5.41, 5.74) is -0.318. The zero-order valence-electron chi connectivity index (χ0n) is 12.2. The van der Waals surface area contributed by atoms with E-state index in [1.165, 1.54) is 11.3 Å². The molecule has 0 aromatic carbocycles. The Balaban J connectivity index is 2.43. The Morgan fingerprint density at radius 2 is 1.95 bits per heavy atom. The fraction of sp³-hybridized carbons (Fsp3) is 0.667. The lowest BCUT2D eigenvalue weighted by Crippen LogP contribution is -2.45. The van der Waals surface area contributed by atoms with Crippen LogP contribution in [0.1, 0.15) is 43.9 Å². The number of aromatic nitrogens is 2. The molecule has 2 amide bonds. The van der Waals surface area contributed by atoms with E-state index in [0.717, 1.165) is 13.0 Å². The summed E-state index contributed by atoms with van der Waals surface area (Å²) in [5.74, 6) is -0.629. The Morgan fingerprint density at radius 3 is 2.55 bits per heavy atom. The minimum absolute atomic E-state index is 0.0760. The van der Waals surface area contributed by atoms with Gasteiger partial charge < -0.3 is 16.0 Å². The van der Waals surface area contributed by atoms with Gasteiger partial charge in [-0.2, -0.15) is 0 Å². The highest BCUT2D eigenvalue weighted by molar-refractivity contribution is 7.17. The Morgan fingerprint density at radius 1 is 1.25 bits per heavy atom. The molecule has 20 heavy (non-hydrogen) atoms. The van der Waals surface area contributed by atoms with E-state index in [1.54, 1.807) is 0 Å². The molecular weight excluding hydrogens is 278 g/mol. The molecule has 0 saturated carbocycles. The number of anilines is 1. The van der Waals surface area contributed by atoms with Crippen LogP contribution in [0.25, 0.3) is 0 Å². The summed E-state index contributed by atoms with van der Waals surface area (Å²) in [4.78, 5) is 23.4.